The number of carbonyl (C=O) groups is 10. The Morgan fingerprint density at radius 3 is 1.07 bits per heavy atom. The van der Waals surface area contributed by atoms with E-state index in [0.29, 0.717) is 77.3 Å². The van der Waals surface area contributed by atoms with Crippen LogP contribution in [0.2, 0.25) is 78.6 Å². The van der Waals surface area contributed by atoms with Crippen LogP contribution in [0.3, 0.4) is 0 Å². The number of benzene rings is 2. The van der Waals surface area contributed by atoms with Crippen LogP contribution in [0.15, 0.2) is 55.1 Å². The number of esters is 5. The lowest BCUT2D eigenvalue weighted by Gasteiger charge is -2.39. The van der Waals surface area contributed by atoms with Crippen molar-refractivity contribution in [2.75, 3.05) is 33.0 Å². The van der Waals surface area contributed by atoms with E-state index in [2.05, 4.69) is 195 Å². The van der Waals surface area contributed by atoms with Crippen LogP contribution in [-0.4, -0.2) is 277 Å². The fraction of sp³-hybridized carbons (Fsp3) is 0.658. The SMILES string of the molecule is C#C[C@@H]1C[C@H](CC(=O)O)OC(C)(C)O1.C#C[C@@H]1C[C@H](CC(=O)O)OC(C)(C)O1.C#C[C@@H]1C[C@H](CC(=O)OCC)OC(C)(C)O1.C#C[C@@H]1C[C@H](CC(=O)[O-])OC(C)(C)O1.C=C[C@@H]1C[C@H](CC(=O)OCC)OC(C)(C)O1.CCOC(=O)CC(=O)CC(O)C#C[Si](C)(C)C.CCOC(=O)C[C@H](O)C[C@H](O)C#C[Si](C)(C)C.CCOC(=O)C[C@H]1C[C@@H](C#C[Si](C)(C)C)OC(C)(C)O1.C[C@H]([NH3+])c1cccc2ccccc12.C[Si](C)(C)C#CC=O. The number of terminal acetylenes is 4. The number of fused-ring (bicyclic) bond motifs is 1. The van der Waals surface area contributed by atoms with Gasteiger partial charge in [-0.3, -0.25) is 43.2 Å². The Hall–Kier alpha value is -9.75. The topological polar surface area (TPSA) is 479 Å². The highest BCUT2D eigenvalue weighted by Gasteiger charge is 2.42. The molecule has 0 aliphatic carbocycles. The molecular formula is C111H171NO33Si4. The molecule has 0 saturated carbocycles. The molecule has 34 nitrogen and oxygen atoms in total. The fourth-order valence-electron chi connectivity index (χ4n) is 14.2. The van der Waals surface area contributed by atoms with E-state index in [0.717, 1.165) is 0 Å². The summed E-state index contributed by atoms with van der Waals surface area (Å²) in [6.45, 7) is 62.8. The highest BCUT2D eigenvalue weighted by atomic mass is 28.3. The Balaban J connectivity index is 0. The van der Waals surface area contributed by atoms with Crippen molar-refractivity contribution in [2.24, 2.45) is 0 Å². The molecule has 149 heavy (non-hydrogen) atoms. The zero-order chi connectivity index (χ0) is 115. The summed E-state index contributed by atoms with van der Waals surface area (Å²) >= 11 is 0. The maximum atomic E-state index is 11.6. The van der Waals surface area contributed by atoms with Crippen molar-refractivity contribution >= 4 is 103 Å². The molecule has 8 rings (SSSR count). The van der Waals surface area contributed by atoms with Crippen molar-refractivity contribution in [3.8, 4) is 95.2 Å². The number of hydrogen-bond donors (Lipinski definition) is 6. The molecular weight excluding hydrogens is 1990 g/mol. The quantitative estimate of drug-likeness (QED) is 0.00920. The number of Topliss-reactive ketones (excluding diaryl/α,β-unsaturated/α-hetero) is 1. The van der Waals surface area contributed by atoms with Gasteiger partial charge in [0, 0.05) is 69.3 Å². The van der Waals surface area contributed by atoms with Crippen LogP contribution >= 0.6 is 0 Å². The lowest BCUT2D eigenvalue weighted by atomic mass is 10.0. The smallest absolute Gasteiger partial charge is 0.313 e. The molecule has 6 aliphatic heterocycles. The number of aliphatic hydroxyl groups is 3. The Kier molecular flexibility index (Phi) is 66.1. The molecule has 8 N–H and O–H groups in total. The third-order valence-electron chi connectivity index (χ3n) is 19.4. The number of rotatable bonds is 27. The normalized spacial score (nSPS) is 22.8. The fourth-order valence-corrected chi connectivity index (χ4v) is 16.5. The average molecular weight is 2160 g/mol. The minimum Gasteiger partial charge on any atom is -0.550 e. The lowest BCUT2D eigenvalue weighted by Crippen LogP contribution is -2.51. The van der Waals surface area contributed by atoms with Gasteiger partial charge in [-0.05, 0) is 141 Å². The number of carbonyl (C=O) groups excluding carboxylic acids is 8. The number of aliphatic carboxylic acids is 3. The van der Waals surface area contributed by atoms with Crippen LogP contribution in [-0.2, 0) is 128 Å². The molecule has 2 aromatic rings. The summed E-state index contributed by atoms with van der Waals surface area (Å²) in [5.41, 5.74) is 17.6. The van der Waals surface area contributed by atoms with Crippen LogP contribution < -0.4 is 10.8 Å². The number of carboxylic acid groups (broad SMARTS) is 3. The Morgan fingerprint density at radius 1 is 0.430 bits per heavy atom. The number of hydrogen-bond acceptors (Lipinski definition) is 31. The van der Waals surface area contributed by atoms with Crippen molar-refractivity contribution in [1.29, 1.82) is 0 Å². The van der Waals surface area contributed by atoms with Gasteiger partial charge in [0.25, 0.3) is 0 Å². The largest absolute Gasteiger partial charge is 0.550 e. The second-order valence-electron chi connectivity index (χ2n) is 42.0. The van der Waals surface area contributed by atoms with Gasteiger partial charge in [-0.25, -0.2) is 0 Å². The Bertz CT molecular complexity index is 4800. The van der Waals surface area contributed by atoms with Crippen LogP contribution in [0.25, 0.3) is 10.8 Å². The molecule has 38 heteroatoms. The summed E-state index contributed by atoms with van der Waals surface area (Å²) in [6.07, 6.45) is 20.4. The third kappa shape index (κ3) is 73.2. The average Bonchev–Trinajstić information content (AvgIpc) is 0.787. The minimum atomic E-state index is -1.54. The van der Waals surface area contributed by atoms with Gasteiger partial charge in [-0.15, -0.1) is 54.4 Å². The third-order valence-corrected chi connectivity index (χ3v) is 23.0. The van der Waals surface area contributed by atoms with Crippen molar-refractivity contribution in [1.82, 2.24) is 0 Å². The summed E-state index contributed by atoms with van der Waals surface area (Å²) < 4.78 is 90.4. The summed E-state index contributed by atoms with van der Waals surface area (Å²) in [5.74, 6) is 11.4. The number of carboxylic acids is 3. The zero-order valence-electron chi connectivity index (χ0n) is 93.7. The van der Waals surface area contributed by atoms with E-state index in [9.17, 15) is 68.4 Å². The van der Waals surface area contributed by atoms with E-state index < -0.39 is 121 Å². The molecule has 0 aromatic heterocycles. The van der Waals surface area contributed by atoms with Gasteiger partial charge in [0.05, 0.1) is 120 Å². The molecule has 6 saturated heterocycles. The molecule has 6 fully saturated rings. The molecule has 16 atom stereocenters. The number of ether oxygens (including phenoxy) is 17. The van der Waals surface area contributed by atoms with Gasteiger partial charge in [-0.2, -0.15) is 0 Å². The molecule has 6 aliphatic rings. The van der Waals surface area contributed by atoms with Gasteiger partial charge in [-0.1, -0.05) is 169 Å². The highest BCUT2D eigenvalue weighted by Crippen LogP contribution is 2.35. The van der Waals surface area contributed by atoms with Crippen LogP contribution in [0.1, 0.15) is 239 Å². The first-order valence-electron chi connectivity index (χ1n) is 50.1. The number of ketones is 1. The van der Waals surface area contributed by atoms with Crippen LogP contribution in [0.5, 0.6) is 0 Å². The summed E-state index contributed by atoms with van der Waals surface area (Å²) in [5, 5.41) is 58.9. The lowest BCUT2D eigenvalue weighted by molar-refractivity contribution is -0.420. The number of aldehydes is 1. The van der Waals surface area contributed by atoms with Gasteiger partial charge in [0.2, 0.25) is 0 Å². The maximum absolute atomic E-state index is 11.6. The molecule has 6 heterocycles. The van der Waals surface area contributed by atoms with E-state index in [-0.39, 0.29) is 162 Å². The van der Waals surface area contributed by atoms with E-state index >= 15 is 0 Å². The highest BCUT2D eigenvalue weighted by molar-refractivity contribution is 6.85. The second kappa shape index (κ2) is 69.7. The Labute approximate surface area is 889 Å². The maximum Gasteiger partial charge on any atom is 0.313 e. The van der Waals surface area contributed by atoms with E-state index in [1.165, 1.54) is 16.3 Å². The van der Waals surface area contributed by atoms with Crippen molar-refractivity contribution in [3.63, 3.8) is 0 Å². The standard InChI is InChI=1S/C15H26O4Si.C12H13N.C12H22O4Si.C12H20O4Si.C12H20O4.C12H18O4.3C10H14O4.C6H10OSi/c1-7-17-14(16)11-13-10-12(8-9-20(4,5)6)18-15(2,3)19-13;1-9(13)11-8-4-6-10-5-2-3-7-12(10)11;2*1-5-16-12(15)9-11(14)8-10(13)6-7-17(2,3)4;2*1-5-9-7-10(8-11(13)14-6-2)16-12(3,4)15-9;3*1-4-7-5-8(6-9(11)12)14-10(2,3)13-7;1-8(2,3)6-4-5-7/h12-13H,7,10-11H2,1-6H3;2-9H,13H2,1H3;10-11,13-14H,5,8-9H2,1-4H3;10,13H,5,8-9H2,1-4H3;5,9-10H,1,6-8H2,2-4H3;1,9-10H,6-8H2,2-4H3;3*1,7-8H,5-6H2,2-3H3,(H,11,12);5H,1-3H3/t12-,13-;9-;10-,11-;;2*9-,10-;3*7-,8-;/m101.11111./s1. The molecule has 1 unspecified atom stereocenters. The first-order valence-corrected chi connectivity index (χ1v) is 64.1. The molecule has 0 bridgehead atoms. The number of quaternary nitrogens is 1. The molecule has 0 spiro atoms. The van der Waals surface area contributed by atoms with E-state index in [1.807, 2.05) is 47.3 Å². The van der Waals surface area contributed by atoms with Crippen LogP contribution in [0.4, 0.5) is 0 Å². The summed E-state index contributed by atoms with van der Waals surface area (Å²) in [7, 11) is -5.75. The second-order valence-corrected chi connectivity index (χ2v) is 61.0. The predicted octanol–water partition coefficient (Wildman–Crippen LogP) is 13.2. The molecule has 834 valence electrons. The molecule has 0 radical (unpaired) electrons. The number of aliphatic hydroxyl groups excluding tert-OH is 3. The van der Waals surface area contributed by atoms with Gasteiger partial charge in [0.1, 0.15) is 93.3 Å². The van der Waals surface area contributed by atoms with E-state index in [1.54, 1.807) is 96.1 Å². The summed E-state index contributed by atoms with van der Waals surface area (Å²) in [4.78, 5) is 109. The Morgan fingerprint density at radius 2 is 0.745 bits per heavy atom. The van der Waals surface area contributed by atoms with E-state index in [4.69, 9.17) is 112 Å². The monoisotopic (exact) mass is 2160 g/mol. The molecule has 2 aromatic carbocycles. The molecule has 0 amide bonds. The van der Waals surface area contributed by atoms with Gasteiger partial charge < -0.3 is 122 Å². The van der Waals surface area contributed by atoms with Crippen molar-refractivity contribution in [2.45, 2.75) is 438 Å². The first kappa shape index (κ1) is 141. The van der Waals surface area contributed by atoms with Crippen molar-refractivity contribution < 1.29 is 165 Å². The van der Waals surface area contributed by atoms with Gasteiger partial charge in [0.15, 0.2) is 41.0 Å². The summed E-state index contributed by atoms with van der Waals surface area (Å²) in [6, 6.07) is 15.2. The van der Waals surface area contributed by atoms with Gasteiger partial charge >= 0.3 is 41.8 Å². The predicted molar refractivity (Wildman–Crippen MR) is 575 cm³/mol. The van der Waals surface area contributed by atoms with Crippen molar-refractivity contribution in [3.05, 3.63) is 60.7 Å². The van der Waals surface area contributed by atoms with Crippen LogP contribution in [0, 0.1) is 95.2 Å². The first-order chi connectivity index (χ1) is 68.7. The zero-order valence-corrected chi connectivity index (χ0v) is 97.7. The minimum absolute atomic E-state index is 0.0367.